The maximum absolute atomic E-state index is 12.4. The van der Waals surface area contributed by atoms with E-state index in [1.165, 1.54) is 5.56 Å². The number of hydrogen-bond acceptors (Lipinski definition) is 2. The van der Waals surface area contributed by atoms with Crippen LogP contribution >= 0.6 is 0 Å². The van der Waals surface area contributed by atoms with E-state index in [1.54, 1.807) is 11.9 Å². The molecule has 1 aliphatic rings. The van der Waals surface area contributed by atoms with E-state index in [4.69, 9.17) is 0 Å². The molecule has 4 heteroatoms. The molecule has 4 nitrogen and oxygen atoms in total. The quantitative estimate of drug-likeness (QED) is 0.854. The fourth-order valence-corrected chi connectivity index (χ4v) is 2.82. The van der Waals surface area contributed by atoms with Gasteiger partial charge in [-0.3, -0.25) is 0 Å². The van der Waals surface area contributed by atoms with Crippen LogP contribution in [0.2, 0.25) is 0 Å². The van der Waals surface area contributed by atoms with Crippen molar-refractivity contribution in [3.8, 4) is 0 Å². The summed E-state index contributed by atoms with van der Waals surface area (Å²) in [6.07, 6.45) is 2.49. The van der Waals surface area contributed by atoms with Gasteiger partial charge in [0.15, 0.2) is 0 Å². The number of anilines is 1. The molecule has 1 unspecified atom stereocenters. The average Bonchev–Trinajstić information content (AvgIpc) is 3.42. The predicted octanol–water partition coefficient (Wildman–Crippen LogP) is 3.51. The Kier molecular flexibility index (Phi) is 5.16. The van der Waals surface area contributed by atoms with Gasteiger partial charge in [-0.1, -0.05) is 48.5 Å². The number of benzene rings is 2. The van der Waals surface area contributed by atoms with E-state index < -0.39 is 6.10 Å². The average molecular weight is 324 g/mol. The largest absolute Gasteiger partial charge is 0.391 e. The number of hydrogen-bond donors (Lipinski definition) is 2. The zero-order valence-electron chi connectivity index (χ0n) is 14.0. The van der Waals surface area contributed by atoms with Gasteiger partial charge >= 0.3 is 6.03 Å². The van der Waals surface area contributed by atoms with Crippen molar-refractivity contribution < 1.29 is 9.90 Å². The van der Waals surface area contributed by atoms with Gasteiger partial charge in [0, 0.05) is 19.3 Å². The molecule has 3 rings (SSSR count). The second kappa shape index (κ2) is 7.49. The lowest BCUT2D eigenvalue weighted by Gasteiger charge is -2.22. The minimum atomic E-state index is -0.416. The Bertz CT molecular complexity index is 683. The van der Waals surface area contributed by atoms with Crippen molar-refractivity contribution in [2.75, 3.05) is 18.9 Å². The summed E-state index contributed by atoms with van der Waals surface area (Å²) in [5.41, 5.74) is 3.10. The Balaban J connectivity index is 1.64. The molecule has 1 fully saturated rings. The number of nitrogens with zero attached hydrogens (tertiary/aromatic N) is 1. The van der Waals surface area contributed by atoms with Gasteiger partial charge in [0.25, 0.3) is 0 Å². The Hall–Kier alpha value is -2.33. The summed E-state index contributed by atoms with van der Waals surface area (Å²) in [5.74, 6) is 0.366. The van der Waals surface area contributed by atoms with Crippen LogP contribution in [0.5, 0.6) is 0 Å². The molecule has 0 spiro atoms. The van der Waals surface area contributed by atoms with Gasteiger partial charge in [-0.25, -0.2) is 4.79 Å². The number of amides is 2. The summed E-state index contributed by atoms with van der Waals surface area (Å²) >= 11 is 0. The van der Waals surface area contributed by atoms with Crippen molar-refractivity contribution in [1.29, 1.82) is 0 Å². The Morgan fingerprint density at radius 3 is 2.54 bits per heavy atom. The van der Waals surface area contributed by atoms with Gasteiger partial charge in [0.05, 0.1) is 6.10 Å². The fraction of sp³-hybridized carbons (Fsp3) is 0.350. The monoisotopic (exact) mass is 324 g/mol. The first kappa shape index (κ1) is 16.5. The molecule has 1 atom stereocenters. The first-order valence-corrected chi connectivity index (χ1v) is 8.45. The van der Waals surface area contributed by atoms with Crippen LogP contribution in [-0.2, 0) is 6.42 Å². The van der Waals surface area contributed by atoms with Crippen LogP contribution in [0.1, 0.15) is 24.0 Å². The van der Waals surface area contributed by atoms with Crippen molar-refractivity contribution in [1.82, 2.24) is 4.90 Å². The highest BCUT2D eigenvalue weighted by molar-refractivity contribution is 5.90. The fourth-order valence-electron chi connectivity index (χ4n) is 2.82. The van der Waals surface area contributed by atoms with Crippen LogP contribution in [0.15, 0.2) is 54.6 Å². The summed E-state index contributed by atoms with van der Waals surface area (Å²) < 4.78 is 0. The molecule has 0 aromatic heterocycles. The summed E-state index contributed by atoms with van der Waals surface area (Å²) in [4.78, 5) is 14.0. The predicted molar refractivity (Wildman–Crippen MR) is 96.1 cm³/mol. The molecule has 24 heavy (non-hydrogen) atoms. The van der Waals surface area contributed by atoms with E-state index in [0.717, 1.165) is 30.5 Å². The number of rotatable bonds is 6. The van der Waals surface area contributed by atoms with Crippen LogP contribution < -0.4 is 5.32 Å². The number of para-hydroxylation sites is 1. The van der Waals surface area contributed by atoms with Gasteiger partial charge in [0.2, 0.25) is 0 Å². The van der Waals surface area contributed by atoms with Crippen LogP contribution in [0, 0.1) is 5.92 Å². The second-order valence-electron chi connectivity index (χ2n) is 6.53. The number of likely N-dealkylation sites (N-methyl/N-ethyl adjacent to an activating group) is 1. The number of urea groups is 1. The maximum Gasteiger partial charge on any atom is 0.321 e. The number of aliphatic hydroxyl groups excluding tert-OH is 1. The number of nitrogens with one attached hydrogen (secondary N) is 1. The van der Waals surface area contributed by atoms with E-state index in [2.05, 4.69) is 17.4 Å². The summed E-state index contributed by atoms with van der Waals surface area (Å²) in [6.45, 7) is 0.372. The molecule has 2 amide bonds. The highest BCUT2D eigenvalue weighted by Gasteiger charge is 2.31. The highest BCUT2D eigenvalue weighted by atomic mass is 16.3. The molecular formula is C20H24N2O2. The van der Waals surface area contributed by atoms with Gasteiger partial charge in [-0.05, 0) is 42.4 Å². The van der Waals surface area contributed by atoms with Crippen molar-refractivity contribution in [2.45, 2.75) is 25.4 Å². The molecule has 1 aliphatic carbocycles. The molecule has 0 aliphatic heterocycles. The van der Waals surface area contributed by atoms with E-state index >= 15 is 0 Å². The van der Waals surface area contributed by atoms with Crippen molar-refractivity contribution >= 4 is 11.7 Å². The Morgan fingerprint density at radius 1 is 1.17 bits per heavy atom. The van der Waals surface area contributed by atoms with Gasteiger partial charge in [-0.15, -0.1) is 0 Å². The third-order valence-electron chi connectivity index (χ3n) is 4.47. The van der Waals surface area contributed by atoms with Gasteiger partial charge < -0.3 is 15.3 Å². The SMILES string of the molecule is CN(CC(O)C1CC1)C(=O)Nc1ccccc1Cc1ccccc1. The van der Waals surface area contributed by atoms with Crippen LogP contribution in [0.3, 0.4) is 0 Å². The smallest absolute Gasteiger partial charge is 0.321 e. The lowest BCUT2D eigenvalue weighted by atomic mass is 10.0. The van der Waals surface area contributed by atoms with E-state index in [0.29, 0.717) is 12.5 Å². The zero-order valence-corrected chi connectivity index (χ0v) is 14.0. The number of carbonyl (C=O) groups excluding carboxylic acids is 1. The molecule has 0 bridgehead atoms. The number of carbonyl (C=O) groups is 1. The molecule has 0 saturated heterocycles. The molecule has 0 radical (unpaired) electrons. The van der Waals surface area contributed by atoms with Gasteiger partial charge in [0.1, 0.15) is 0 Å². The van der Waals surface area contributed by atoms with E-state index in [9.17, 15) is 9.90 Å². The Morgan fingerprint density at radius 2 is 1.83 bits per heavy atom. The molecule has 2 aromatic carbocycles. The summed E-state index contributed by atoms with van der Waals surface area (Å²) in [5, 5.41) is 13.0. The minimum Gasteiger partial charge on any atom is -0.391 e. The maximum atomic E-state index is 12.4. The van der Waals surface area contributed by atoms with E-state index in [-0.39, 0.29) is 6.03 Å². The molecule has 0 heterocycles. The van der Waals surface area contributed by atoms with Crippen LogP contribution in [0.25, 0.3) is 0 Å². The first-order valence-electron chi connectivity index (χ1n) is 8.45. The molecular weight excluding hydrogens is 300 g/mol. The third kappa shape index (κ3) is 4.36. The lowest BCUT2D eigenvalue weighted by Crippen LogP contribution is -2.38. The first-order chi connectivity index (χ1) is 11.6. The third-order valence-corrected chi connectivity index (χ3v) is 4.47. The molecule has 1 saturated carbocycles. The highest BCUT2D eigenvalue weighted by Crippen LogP contribution is 2.32. The summed E-state index contributed by atoms with van der Waals surface area (Å²) in [7, 11) is 1.72. The lowest BCUT2D eigenvalue weighted by molar-refractivity contribution is 0.117. The van der Waals surface area contributed by atoms with Crippen molar-refractivity contribution in [3.05, 3.63) is 65.7 Å². The Labute approximate surface area is 143 Å². The topological polar surface area (TPSA) is 52.6 Å². The molecule has 126 valence electrons. The normalized spacial score (nSPS) is 14.9. The van der Waals surface area contributed by atoms with Gasteiger partial charge in [-0.2, -0.15) is 0 Å². The number of aliphatic hydroxyl groups is 1. The second-order valence-corrected chi connectivity index (χ2v) is 6.53. The van der Waals surface area contributed by atoms with Crippen LogP contribution in [0.4, 0.5) is 10.5 Å². The van der Waals surface area contributed by atoms with Crippen molar-refractivity contribution in [3.63, 3.8) is 0 Å². The molecule has 2 N–H and O–H groups in total. The van der Waals surface area contributed by atoms with Crippen molar-refractivity contribution in [2.24, 2.45) is 5.92 Å². The molecule has 2 aromatic rings. The summed E-state index contributed by atoms with van der Waals surface area (Å²) in [6, 6.07) is 17.9. The standard InChI is InChI=1S/C20H24N2O2/c1-22(14-19(23)16-11-12-16)20(24)21-18-10-6-5-9-17(18)13-15-7-3-2-4-8-15/h2-10,16,19,23H,11-14H2,1H3,(H,21,24). The zero-order chi connectivity index (χ0) is 16.9. The van der Waals surface area contributed by atoms with Crippen LogP contribution in [-0.4, -0.2) is 35.7 Å². The van der Waals surface area contributed by atoms with E-state index in [1.807, 2.05) is 42.5 Å². The minimum absolute atomic E-state index is 0.185.